The number of nitrogens with zero attached hydrogens (tertiary/aromatic N) is 2. The minimum atomic E-state index is 0.0984. The summed E-state index contributed by atoms with van der Waals surface area (Å²) >= 11 is 3.42. The largest absolute Gasteiger partial charge is 0.394 e. The Labute approximate surface area is 97.4 Å². The SMILES string of the molecule is OC[C@@H]1CSC(SCc2ccccn2)=N1. The summed E-state index contributed by atoms with van der Waals surface area (Å²) in [7, 11) is 0. The molecule has 0 saturated heterocycles. The maximum Gasteiger partial charge on any atom is 0.125 e. The first-order valence-electron chi connectivity index (χ1n) is 4.72. The van der Waals surface area contributed by atoms with Crippen LogP contribution in [-0.4, -0.2) is 32.9 Å². The zero-order valence-electron chi connectivity index (χ0n) is 8.17. The molecule has 0 fully saturated rings. The molecule has 3 nitrogen and oxygen atoms in total. The standard InChI is InChI=1S/C10H12N2OS2/c13-5-9-7-15-10(12-9)14-6-8-3-1-2-4-11-8/h1-4,9,13H,5-7H2/t9-/m1/s1. The molecule has 2 rings (SSSR count). The average Bonchev–Trinajstić information content (AvgIpc) is 2.76. The number of hydrogen-bond donors (Lipinski definition) is 1. The molecular weight excluding hydrogens is 228 g/mol. The number of hydrogen-bond acceptors (Lipinski definition) is 5. The number of aromatic nitrogens is 1. The molecule has 0 unspecified atom stereocenters. The monoisotopic (exact) mass is 240 g/mol. The third kappa shape index (κ3) is 3.22. The van der Waals surface area contributed by atoms with Crippen LogP contribution in [0.5, 0.6) is 0 Å². The van der Waals surface area contributed by atoms with Gasteiger partial charge < -0.3 is 5.11 Å². The van der Waals surface area contributed by atoms with E-state index in [0.29, 0.717) is 0 Å². The first-order valence-corrected chi connectivity index (χ1v) is 6.70. The van der Waals surface area contributed by atoms with Gasteiger partial charge in [0.05, 0.1) is 18.3 Å². The summed E-state index contributed by atoms with van der Waals surface area (Å²) in [6, 6.07) is 6.01. The van der Waals surface area contributed by atoms with Crippen molar-refractivity contribution in [3.05, 3.63) is 30.1 Å². The van der Waals surface area contributed by atoms with Gasteiger partial charge in [0.2, 0.25) is 0 Å². The number of aliphatic imine (C=N–C) groups is 1. The van der Waals surface area contributed by atoms with Gasteiger partial charge in [0.15, 0.2) is 0 Å². The van der Waals surface area contributed by atoms with Gasteiger partial charge in [-0.25, -0.2) is 0 Å². The van der Waals surface area contributed by atoms with Gasteiger partial charge in [0, 0.05) is 17.7 Å². The highest BCUT2D eigenvalue weighted by molar-refractivity contribution is 8.38. The number of pyridine rings is 1. The molecule has 0 aliphatic carbocycles. The Morgan fingerprint density at radius 1 is 1.53 bits per heavy atom. The van der Waals surface area contributed by atoms with E-state index in [-0.39, 0.29) is 12.6 Å². The number of thioether (sulfide) groups is 2. The lowest BCUT2D eigenvalue weighted by Gasteiger charge is -1.98. The summed E-state index contributed by atoms with van der Waals surface area (Å²) in [5, 5.41) is 8.93. The van der Waals surface area contributed by atoms with E-state index in [1.54, 1.807) is 29.7 Å². The van der Waals surface area contributed by atoms with Crippen LogP contribution in [0.3, 0.4) is 0 Å². The van der Waals surface area contributed by atoms with Gasteiger partial charge in [-0.1, -0.05) is 29.6 Å². The number of aliphatic hydroxyl groups excluding tert-OH is 1. The van der Waals surface area contributed by atoms with Crippen molar-refractivity contribution >= 4 is 27.9 Å². The number of aliphatic hydroxyl groups is 1. The van der Waals surface area contributed by atoms with E-state index in [4.69, 9.17) is 5.11 Å². The van der Waals surface area contributed by atoms with E-state index < -0.39 is 0 Å². The third-order valence-corrected chi connectivity index (χ3v) is 4.37. The van der Waals surface area contributed by atoms with Crippen LogP contribution in [0.1, 0.15) is 5.69 Å². The van der Waals surface area contributed by atoms with Crippen molar-refractivity contribution in [2.24, 2.45) is 4.99 Å². The van der Waals surface area contributed by atoms with Crippen LogP contribution >= 0.6 is 23.5 Å². The van der Waals surface area contributed by atoms with Crippen LogP contribution in [0.2, 0.25) is 0 Å². The predicted molar refractivity (Wildman–Crippen MR) is 66.3 cm³/mol. The summed E-state index contributed by atoms with van der Waals surface area (Å²) in [5.74, 6) is 1.76. The zero-order chi connectivity index (χ0) is 10.5. The summed E-state index contributed by atoms with van der Waals surface area (Å²) in [5.41, 5.74) is 1.07. The molecule has 15 heavy (non-hydrogen) atoms. The summed E-state index contributed by atoms with van der Waals surface area (Å²) in [6.07, 6.45) is 1.80. The van der Waals surface area contributed by atoms with Crippen molar-refractivity contribution < 1.29 is 5.11 Å². The molecule has 0 amide bonds. The average molecular weight is 240 g/mol. The Hall–Kier alpha value is -0.520. The Morgan fingerprint density at radius 3 is 3.13 bits per heavy atom. The van der Waals surface area contributed by atoms with Gasteiger partial charge in [-0.3, -0.25) is 9.98 Å². The summed E-state index contributed by atoms with van der Waals surface area (Å²) < 4.78 is 1.07. The fourth-order valence-corrected chi connectivity index (χ4v) is 3.30. The Kier molecular flexibility index (Phi) is 4.05. The molecule has 1 aliphatic rings. The molecule has 0 aromatic carbocycles. The lowest BCUT2D eigenvalue weighted by atomic mass is 10.4. The van der Waals surface area contributed by atoms with Crippen LogP contribution in [-0.2, 0) is 5.75 Å². The molecule has 2 heterocycles. The summed E-state index contributed by atoms with van der Waals surface area (Å²) in [6.45, 7) is 0.153. The first-order chi connectivity index (χ1) is 7.38. The Bertz CT molecular complexity index is 343. The first kappa shape index (κ1) is 11.0. The van der Waals surface area contributed by atoms with Gasteiger partial charge in [-0.2, -0.15) is 0 Å². The molecule has 5 heteroatoms. The van der Waals surface area contributed by atoms with Crippen molar-refractivity contribution in [2.75, 3.05) is 12.4 Å². The second-order valence-corrected chi connectivity index (χ2v) is 5.38. The number of rotatable bonds is 3. The summed E-state index contributed by atoms with van der Waals surface area (Å²) in [4.78, 5) is 8.63. The normalized spacial score (nSPS) is 20.3. The van der Waals surface area contributed by atoms with Crippen molar-refractivity contribution in [3.8, 4) is 0 Å². The zero-order valence-corrected chi connectivity index (χ0v) is 9.80. The lowest BCUT2D eigenvalue weighted by Crippen LogP contribution is -2.08. The van der Waals surface area contributed by atoms with Gasteiger partial charge in [0.1, 0.15) is 4.38 Å². The van der Waals surface area contributed by atoms with Crippen molar-refractivity contribution in [1.29, 1.82) is 0 Å². The highest BCUT2D eigenvalue weighted by Crippen LogP contribution is 2.27. The van der Waals surface area contributed by atoms with Crippen LogP contribution in [0.15, 0.2) is 29.4 Å². The third-order valence-electron chi connectivity index (χ3n) is 1.97. The van der Waals surface area contributed by atoms with Crippen LogP contribution < -0.4 is 0 Å². The maximum atomic E-state index is 8.93. The minimum absolute atomic E-state index is 0.0984. The highest BCUT2D eigenvalue weighted by Gasteiger charge is 2.17. The molecule has 1 aromatic rings. The minimum Gasteiger partial charge on any atom is -0.394 e. The molecule has 80 valence electrons. The molecule has 1 N–H and O–H groups in total. The van der Waals surface area contributed by atoms with Crippen LogP contribution in [0, 0.1) is 0 Å². The smallest absolute Gasteiger partial charge is 0.125 e. The fourth-order valence-electron chi connectivity index (χ4n) is 1.18. The molecule has 1 aliphatic heterocycles. The molecule has 0 radical (unpaired) electrons. The lowest BCUT2D eigenvalue weighted by molar-refractivity contribution is 0.277. The topological polar surface area (TPSA) is 45.5 Å². The van der Waals surface area contributed by atoms with Crippen molar-refractivity contribution in [3.63, 3.8) is 0 Å². The molecular formula is C10H12N2OS2. The Balaban J connectivity index is 1.84. The molecule has 1 aromatic heterocycles. The quantitative estimate of drug-likeness (QED) is 0.874. The molecule has 0 spiro atoms. The second kappa shape index (κ2) is 5.53. The van der Waals surface area contributed by atoms with E-state index >= 15 is 0 Å². The Morgan fingerprint density at radius 2 is 2.47 bits per heavy atom. The maximum absolute atomic E-state index is 8.93. The van der Waals surface area contributed by atoms with E-state index in [9.17, 15) is 0 Å². The highest BCUT2D eigenvalue weighted by atomic mass is 32.2. The van der Waals surface area contributed by atoms with E-state index in [2.05, 4.69) is 9.98 Å². The van der Waals surface area contributed by atoms with Crippen LogP contribution in [0.4, 0.5) is 0 Å². The van der Waals surface area contributed by atoms with E-state index in [1.807, 2.05) is 18.2 Å². The molecule has 0 saturated carbocycles. The molecule has 0 bridgehead atoms. The van der Waals surface area contributed by atoms with E-state index in [1.165, 1.54) is 0 Å². The molecule has 1 atom stereocenters. The van der Waals surface area contributed by atoms with E-state index in [0.717, 1.165) is 21.6 Å². The van der Waals surface area contributed by atoms with Gasteiger partial charge >= 0.3 is 0 Å². The van der Waals surface area contributed by atoms with Crippen LogP contribution in [0.25, 0.3) is 0 Å². The predicted octanol–water partition coefficient (Wildman–Crippen LogP) is 1.78. The van der Waals surface area contributed by atoms with Gasteiger partial charge in [-0.15, -0.1) is 0 Å². The van der Waals surface area contributed by atoms with Crippen molar-refractivity contribution in [1.82, 2.24) is 4.98 Å². The fraction of sp³-hybridized carbons (Fsp3) is 0.400. The van der Waals surface area contributed by atoms with Crippen molar-refractivity contribution in [2.45, 2.75) is 11.8 Å². The van der Waals surface area contributed by atoms with Gasteiger partial charge in [0.25, 0.3) is 0 Å². The second-order valence-electron chi connectivity index (χ2n) is 3.15. The van der Waals surface area contributed by atoms with Gasteiger partial charge in [-0.05, 0) is 12.1 Å².